The molecule has 1 saturated carbocycles. The van der Waals surface area contributed by atoms with Gasteiger partial charge in [-0.25, -0.2) is 4.79 Å². The van der Waals surface area contributed by atoms with Crippen molar-refractivity contribution in [3.8, 4) is 0 Å². The van der Waals surface area contributed by atoms with E-state index in [0.717, 1.165) is 31.4 Å². The van der Waals surface area contributed by atoms with Gasteiger partial charge in [0.15, 0.2) is 0 Å². The van der Waals surface area contributed by atoms with Gasteiger partial charge in [-0.1, -0.05) is 31.4 Å². The van der Waals surface area contributed by atoms with Gasteiger partial charge in [0.1, 0.15) is 11.3 Å². The summed E-state index contributed by atoms with van der Waals surface area (Å²) < 4.78 is 7.09. The van der Waals surface area contributed by atoms with Crippen LogP contribution < -0.4 is 5.32 Å². The molecule has 1 heterocycles. The van der Waals surface area contributed by atoms with Gasteiger partial charge in [0.2, 0.25) is 0 Å². The molecule has 1 aliphatic rings. The fourth-order valence-electron chi connectivity index (χ4n) is 3.14. The minimum Gasteiger partial charge on any atom is -0.444 e. The number of nitrogens with one attached hydrogen (secondary N) is 1. The van der Waals surface area contributed by atoms with Crippen molar-refractivity contribution in [3.63, 3.8) is 0 Å². The lowest BCUT2D eigenvalue weighted by molar-refractivity contribution is 0.0446. The smallest absolute Gasteiger partial charge is 0.408 e. The lowest BCUT2D eigenvalue weighted by Gasteiger charge is -2.34. The van der Waals surface area contributed by atoms with E-state index in [0.29, 0.717) is 5.02 Å². The van der Waals surface area contributed by atoms with Crippen molar-refractivity contribution in [2.75, 3.05) is 0 Å². The minimum absolute atomic E-state index is 0.0467. The third-order valence-corrected chi connectivity index (χ3v) is 4.48. The van der Waals surface area contributed by atoms with Crippen LogP contribution in [0.5, 0.6) is 0 Å². The summed E-state index contributed by atoms with van der Waals surface area (Å²) in [4.78, 5) is 12.2. The molecule has 22 heavy (non-hydrogen) atoms. The van der Waals surface area contributed by atoms with Crippen LogP contribution in [0.25, 0.3) is 0 Å². The van der Waals surface area contributed by atoms with Gasteiger partial charge < -0.3 is 10.1 Å². The Kier molecular flexibility index (Phi) is 4.76. The monoisotopic (exact) mass is 327 g/mol. The highest BCUT2D eigenvalue weighted by molar-refractivity contribution is 6.31. The van der Waals surface area contributed by atoms with Gasteiger partial charge in [-0.2, -0.15) is 5.10 Å². The average molecular weight is 328 g/mol. The summed E-state index contributed by atoms with van der Waals surface area (Å²) in [5.74, 6) is 0. The number of halogens is 1. The van der Waals surface area contributed by atoms with E-state index in [1.54, 1.807) is 10.9 Å². The molecule has 1 N–H and O–H groups in total. The normalized spacial score (nSPS) is 19.0. The molecule has 1 atom stereocenters. The minimum atomic E-state index is -0.529. The first-order chi connectivity index (χ1) is 10.1. The molecule has 1 aromatic heterocycles. The molecule has 2 rings (SSSR count). The van der Waals surface area contributed by atoms with E-state index >= 15 is 0 Å². The van der Waals surface area contributed by atoms with Crippen LogP contribution in [0, 0.1) is 5.41 Å². The van der Waals surface area contributed by atoms with Gasteiger partial charge in [-0.3, -0.25) is 4.68 Å². The van der Waals surface area contributed by atoms with Gasteiger partial charge in [-0.15, -0.1) is 0 Å². The van der Waals surface area contributed by atoms with Crippen LogP contribution in [0.15, 0.2) is 6.20 Å². The quantitative estimate of drug-likeness (QED) is 0.904. The van der Waals surface area contributed by atoms with E-state index in [1.807, 2.05) is 27.8 Å². The fraction of sp³-hybridized carbons (Fsp3) is 0.750. The molecule has 0 saturated heterocycles. The van der Waals surface area contributed by atoms with Crippen molar-refractivity contribution in [1.29, 1.82) is 0 Å². The van der Waals surface area contributed by atoms with Crippen LogP contribution in [0.2, 0.25) is 5.02 Å². The summed E-state index contributed by atoms with van der Waals surface area (Å²) >= 11 is 6.32. The van der Waals surface area contributed by atoms with E-state index in [-0.39, 0.29) is 11.5 Å². The summed E-state index contributed by atoms with van der Waals surface area (Å²) in [6.07, 6.45) is 5.74. The van der Waals surface area contributed by atoms with Crippen LogP contribution in [0.3, 0.4) is 0 Å². The maximum Gasteiger partial charge on any atom is 0.408 e. The number of aryl methyl sites for hydroxylation is 1. The van der Waals surface area contributed by atoms with Crippen molar-refractivity contribution in [2.24, 2.45) is 12.5 Å². The number of rotatable bonds is 3. The van der Waals surface area contributed by atoms with Crippen molar-refractivity contribution in [1.82, 2.24) is 15.1 Å². The van der Waals surface area contributed by atoms with Crippen molar-refractivity contribution in [2.45, 2.75) is 65.0 Å². The Balaban J connectivity index is 2.26. The first kappa shape index (κ1) is 17.1. The standard InChI is InChI=1S/C16H26ClN3O2/c1-15(2,3)22-14(21)18-13(16(4)8-6-7-9-16)12-11(17)10-20(5)19-12/h10,13H,6-9H2,1-5H3,(H,18,21). The number of nitrogens with zero attached hydrogens (tertiary/aromatic N) is 2. The number of ether oxygens (including phenoxy) is 1. The van der Waals surface area contributed by atoms with E-state index in [4.69, 9.17) is 16.3 Å². The van der Waals surface area contributed by atoms with E-state index in [2.05, 4.69) is 17.3 Å². The molecule has 5 nitrogen and oxygen atoms in total. The van der Waals surface area contributed by atoms with Gasteiger partial charge in [0, 0.05) is 13.2 Å². The predicted octanol–water partition coefficient (Wildman–Crippen LogP) is 4.22. The highest BCUT2D eigenvalue weighted by Crippen LogP contribution is 2.48. The van der Waals surface area contributed by atoms with Crippen molar-refractivity contribution < 1.29 is 9.53 Å². The Morgan fingerprint density at radius 1 is 1.45 bits per heavy atom. The topological polar surface area (TPSA) is 56.2 Å². The molecule has 1 aliphatic carbocycles. The van der Waals surface area contributed by atoms with Crippen LogP contribution in [0.4, 0.5) is 4.79 Å². The predicted molar refractivity (Wildman–Crippen MR) is 86.9 cm³/mol. The molecular formula is C16H26ClN3O2. The number of hydrogen-bond acceptors (Lipinski definition) is 3. The summed E-state index contributed by atoms with van der Waals surface area (Å²) in [5, 5.41) is 8.05. The van der Waals surface area contributed by atoms with Crippen LogP contribution in [0.1, 0.15) is 65.1 Å². The van der Waals surface area contributed by atoms with Crippen molar-refractivity contribution in [3.05, 3.63) is 16.9 Å². The maximum atomic E-state index is 12.2. The largest absolute Gasteiger partial charge is 0.444 e. The van der Waals surface area contributed by atoms with Gasteiger partial charge in [0.05, 0.1) is 11.1 Å². The zero-order chi connectivity index (χ0) is 16.5. The van der Waals surface area contributed by atoms with Gasteiger partial charge in [0.25, 0.3) is 0 Å². The first-order valence-corrected chi connectivity index (χ1v) is 8.17. The van der Waals surface area contributed by atoms with E-state index in [1.165, 1.54) is 0 Å². The molecule has 124 valence electrons. The highest BCUT2D eigenvalue weighted by Gasteiger charge is 2.41. The molecule has 0 aromatic carbocycles. The molecule has 6 heteroatoms. The summed E-state index contributed by atoms with van der Waals surface area (Å²) in [6, 6.07) is -0.237. The first-order valence-electron chi connectivity index (χ1n) is 7.79. The third kappa shape index (κ3) is 3.94. The van der Waals surface area contributed by atoms with E-state index in [9.17, 15) is 4.79 Å². The molecule has 0 radical (unpaired) electrons. The number of alkyl carbamates (subject to hydrolysis) is 1. The Morgan fingerprint density at radius 2 is 2.05 bits per heavy atom. The van der Waals surface area contributed by atoms with Gasteiger partial charge >= 0.3 is 6.09 Å². The van der Waals surface area contributed by atoms with Crippen LogP contribution in [-0.2, 0) is 11.8 Å². The average Bonchev–Trinajstić information content (AvgIpc) is 2.91. The van der Waals surface area contributed by atoms with Gasteiger partial charge in [-0.05, 0) is 39.0 Å². The van der Waals surface area contributed by atoms with Crippen LogP contribution >= 0.6 is 11.6 Å². The SMILES string of the molecule is Cn1cc(Cl)c(C(NC(=O)OC(C)(C)C)C2(C)CCCC2)n1. The fourth-order valence-corrected chi connectivity index (χ4v) is 3.43. The molecular weight excluding hydrogens is 302 g/mol. The molecule has 1 aromatic rings. The summed E-state index contributed by atoms with van der Waals surface area (Å²) in [5.41, 5.74) is 0.146. The number of carbonyl (C=O) groups is 1. The maximum absolute atomic E-state index is 12.2. The van der Waals surface area contributed by atoms with Crippen molar-refractivity contribution >= 4 is 17.7 Å². The molecule has 0 bridgehead atoms. The van der Waals surface area contributed by atoms with E-state index < -0.39 is 11.7 Å². The summed E-state index contributed by atoms with van der Waals surface area (Å²) in [7, 11) is 1.83. The highest BCUT2D eigenvalue weighted by atomic mass is 35.5. The number of amides is 1. The third-order valence-electron chi connectivity index (χ3n) is 4.19. The summed E-state index contributed by atoms with van der Waals surface area (Å²) in [6.45, 7) is 7.75. The van der Waals surface area contributed by atoms with Crippen LogP contribution in [-0.4, -0.2) is 21.5 Å². The second kappa shape index (κ2) is 6.11. The lowest BCUT2D eigenvalue weighted by atomic mass is 9.79. The Morgan fingerprint density at radius 3 is 2.50 bits per heavy atom. The zero-order valence-electron chi connectivity index (χ0n) is 14.1. The number of hydrogen-bond donors (Lipinski definition) is 1. The Hall–Kier alpha value is -1.23. The second-order valence-electron chi connectivity index (χ2n) is 7.48. The molecule has 1 unspecified atom stereocenters. The number of carbonyl (C=O) groups excluding carboxylic acids is 1. The second-order valence-corrected chi connectivity index (χ2v) is 7.88. The molecule has 0 spiro atoms. The molecule has 0 aliphatic heterocycles. The molecule has 1 amide bonds. The Labute approximate surface area is 137 Å². The molecule has 1 fully saturated rings. The lowest BCUT2D eigenvalue weighted by Crippen LogP contribution is -2.41. The zero-order valence-corrected chi connectivity index (χ0v) is 14.8. The Bertz CT molecular complexity index is 542. The number of aromatic nitrogens is 2.